The second-order valence-electron chi connectivity index (χ2n) is 11.8. The molecule has 232 valence electrons. The van der Waals surface area contributed by atoms with Gasteiger partial charge in [0.15, 0.2) is 5.82 Å². The fourth-order valence-electron chi connectivity index (χ4n) is 5.42. The Bertz CT molecular complexity index is 1980. The molecule has 3 N–H and O–H groups in total. The lowest BCUT2D eigenvalue weighted by Crippen LogP contribution is -2.32. The number of methoxy groups -OCH3 is 1. The smallest absolute Gasteiger partial charge is 0.251 e. The topological polar surface area (TPSA) is 153 Å². The number of aromatic nitrogens is 6. The molecule has 12 nitrogen and oxygen atoms in total. The summed E-state index contributed by atoms with van der Waals surface area (Å²) >= 11 is 1.63. The van der Waals surface area contributed by atoms with Gasteiger partial charge in [-0.15, -0.1) is 11.3 Å². The number of carbonyl (C=O) groups excluding carboxylic acids is 2. The predicted octanol–water partition coefficient (Wildman–Crippen LogP) is 5.28. The van der Waals surface area contributed by atoms with E-state index < -0.39 is 5.41 Å². The maximum Gasteiger partial charge on any atom is 0.251 e. The largest absolute Gasteiger partial charge is 0.496 e. The number of carbonyl (C=O) groups is 2. The number of rotatable bonds is 10. The van der Waals surface area contributed by atoms with Gasteiger partial charge in [-0.25, -0.2) is 4.98 Å². The van der Waals surface area contributed by atoms with Crippen LogP contribution in [0.4, 0.5) is 0 Å². The Labute approximate surface area is 263 Å². The number of imidazole rings is 1. The third-order valence-electron chi connectivity index (χ3n) is 7.73. The molecule has 4 heterocycles. The van der Waals surface area contributed by atoms with Gasteiger partial charge in [0.2, 0.25) is 11.8 Å². The second-order valence-corrected chi connectivity index (χ2v) is 12.9. The highest BCUT2D eigenvalue weighted by Gasteiger charge is 2.33. The van der Waals surface area contributed by atoms with Crippen LogP contribution in [0.2, 0.25) is 0 Å². The number of aromatic amines is 1. The van der Waals surface area contributed by atoms with Gasteiger partial charge in [-0.1, -0.05) is 32.0 Å². The van der Waals surface area contributed by atoms with Gasteiger partial charge in [-0.3, -0.25) is 14.7 Å². The van der Waals surface area contributed by atoms with E-state index in [-0.39, 0.29) is 30.8 Å². The first-order valence-electron chi connectivity index (χ1n) is 14.5. The molecule has 2 amide bonds. The van der Waals surface area contributed by atoms with Crippen LogP contribution in [0.15, 0.2) is 58.6 Å². The number of thiophene rings is 1. The van der Waals surface area contributed by atoms with Crippen molar-refractivity contribution >= 4 is 45.1 Å². The fourth-order valence-corrected chi connectivity index (χ4v) is 6.13. The summed E-state index contributed by atoms with van der Waals surface area (Å²) in [6, 6.07) is 12.9. The van der Waals surface area contributed by atoms with Crippen LogP contribution in [0.1, 0.15) is 60.2 Å². The van der Waals surface area contributed by atoms with E-state index in [0.29, 0.717) is 40.8 Å². The molecule has 13 heteroatoms. The lowest BCUT2D eigenvalue weighted by atomic mass is 9.84. The van der Waals surface area contributed by atoms with Crippen LogP contribution in [-0.4, -0.2) is 55.9 Å². The highest BCUT2D eigenvalue weighted by Crippen LogP contribution is 2.41. The molecule has 0 radical (unpaired) electrons. The summed E-state index contributed by atoms with van der Waals surface area (Å²) in [5.41, 5.74) is 3.09. The molecule has 0 saturated heterocycles. The van der Waals surface area contributed by atoms with Crippen molar-refractivity contribution in [3.63, 3.8) is 0 Å². The van der Waals surface area contributed by atoms with E-state index in [1.54, 1.807) is 37.8 Å². The highest BCUT2D eigenvalue weighted by molar-refractivity contribution is 7.09. The third-order valence-corrected chi connectivity index (χ3v) is 8.60. The summed E-state index contributed by atoms with van der Waals surface area (Å²) in [6.45, 7) is 6.35. The van der Waals surface area contributed by atoms with E-state index >= 15 is 0 Å². The Morgan fingerprint density at radius 1 is 1.16 bits per heavy atom. The lowest BCUT2D eigenvalue weighted by Gasteiger charge is -2.33. The van der Waals surface area contributed by atoms with Gasteiger partial charge >= 0.3 is 0 Å². The molecule has 6 aromatic rings. The van der Waals surface area contributed by atoms with Gasteiger partial charge in [0.1, 0.15) is 11.6 Å². The molecule has 0 spiro atoms. The zero-order valence-corrected chi connectivity index (χ0v) is 26.5. The van der Waals surface area contributed by atoms with E-state index in [0.717, 1.165) is 26.9 Å². The van der Waals surface area contributed by atoms with Gasteiger partial charge < -0.3 is 24.5 Å². The molecule has 0 aliphatic heterocycles. The number of hydrogen-bond donors (Lipinski definition) is 3. The van der Waals surface area contributed by atoms with E-state index in [1.807, 2.05) is 41.8 Å². The van der Waals surface area contributed by atoms with Crippen LogP contribution in [0.25, 0.3) is 33.3 Å². The Morgan fingerprint density at radius 2 is 2.00 bits per heavy atom. The van der Waals surface area contributed by atoms with E-state index in [1.165, 1.54) is 0 Å². The van der Waals surface area contributed by atoms with Gasteiger partial charge in [0.05, 0.1) is 41.8 Å². The van der Waals surface area contributed by atoms with Crippen molar-refractivity contribution in [2.75, 3.05) is 14.2 Å². The van der Waals surface area contributed by atoms with Crippen molar-refractivity contribution in [2.45, 2.75) is 46.2 Å². The second kappa shape index (κ2) is 12.2. The zero-order valence-electron chi connectivity index (χ0n) is 25.7. The number of ether oxygens (including phenoxy) is 1. The van der Waals surface area contributed by atoms with Crippen LogP contribution in [0, 0.1) is 5.41 Å². The van der Waals surface area contributed by atoms with Crippen molar-refractivity contribution in [2.24, 2.45) is 5.41 Å². The van der Waals surface area contributed by atoms with E-state index in [4.69, 9.17) is 14.2 Å². The summed E-state index contributed by atoms with van der Waals surface area (Å²) in [6.07, 6.45) is 2.42. The molecule has 0 unspecified atom stereocenters. The first-order chi connectivity index (χ1) is 21.6. The quantitative estimate of drug-likeness (QED) is 0.186. The van der Waals surface area contributed by atoms with Crippen molar-refractivity contribution < 1.29 is 18.8 Å². The zero-order chi connectivity index (χ0) is 31.7. The minimum atomic E-state index is -0.400. The summed E-state index contributed by atoms with van der Waals surface area (Å²) in [5.74, 6) is 1.78. The summed E-state index contributed by atoms with van der Waals surface area (Å²) in [7, 11) is 3.21. The minimum Gasteiger partial charge on any atom is -0.496 e. The Kier molecular flexibility index (Phi) is 8.11. The number of benzene rings is 2. The molecular weight excluding hydrogens is 592 g/mol. The Balaban J connectivity index is 1.36. The van der Waals surface area contributed by atoms with Crippen LogP contribution in [-0.2, 0) is 17.8 Å². The van der Waals surface area contributed by atoms with Crippen LogP contribution in [0.3, 0.4) is 0 Å². The van der Waals surface area contributed by atoms with Gasteiger partial charge in [-0.2, -0.15) is 10.1 Å². The number of hydrogen-bond acceptors (Lipinski definition) is 9. The molecule has 1 atom stereocenters. The first-order valence-corrected chi connectivity index (χ1v) is 15.4. The standard InChI is InChI=1S/C32H34N8O4S/c1-32(2,3)26(15-28(41)34-17-29-37-27(39-44-29)14-20-7-6-10-45-20)40-24-12-18(31(42)33-4)8-9-22(24)36-30(40)19-11-23-21(16-35-38-23)25(13-19)43-5/h6-13,16,26H,14-15,17H2,1-5H3,(H,33,42)(H,34,41)(H,35,38)/t26-/m0/s1. The lowest BCUT2D eigenvalue weighted by molar-refractivity contribution is -0.122. The third kappa shape index (κ3) is 6.16. The molecule has 4 aromatic heterocycles. The predicted molar refractivity (Wildman–Crippen MR) is 171 cm³/mol. The monoisotopic (exact) mass is 626 g/mol. The average Bonchev–Trinajstić information content (AvgIpc) is 3.84. The molecule has 0 fully saturated rings. The van der Waals surface area contributed by atoms with Crippen LogP contribution < -0.4 is 15.4 Å². The number of fused-ring (bicyclic) bond motifs is 2. The van der Waals surface area contributed by atoms with Gasteiger partial charge in [-0.05, 0) is 47.2 Å². The molecule has 0 aliphatic rings. The summed E-state index contributed by atoms with van der Waals surface area (Å²) in [4.78, 5) is 36.8. The average molecular weight is 627 g/mol. The molecular formula is C32H34N8O4S. The maximum atomic E-state index is 13.5. The Morgan fingerprint density at radius 3 is 2.73 bits per heavy atom. The number of nitrogens with one attached hydrogen (secondary N) is 3. The summed E-state index contributed by atoms with van der Waals surface area (Å²) in [5, 5.41) is 19.8. The first kappa shape index (κ1) is 30.0. The highest BCUT2D eigenvalue weighted by atomic mass is 32.1. The normalized spacial score (nSPS) is 12.5. The molecule has 2 aromatic carbocycles. The molecule has 6 rings (SSSR count). The molecule has 45 heavy (non-hydrogen) atoms. The molecule has 0 bridgehead atoms. The summed E-state index contributed by atoms with van der Waals surface area (Å²) < 4.78 is 13.1. The van der Waals surface area contributed by atoms with E-state index in [2.05, 4.69) is 56.3 Å². The number of H-pyrrole nitrogens is 1. The minimum absolute atomic E-state index is 0.110. The van der Waals surface area contributed by atoms with Gasteiger partial charge in [0, 0.05) is 41.9 Å². The van der Waals surface area contributed by atoms with Crippen molar-refractivity contribution in [3.8, 4) is 17.1 Å². The van der Waals surface area contributed by atoms with Crippen LogP contribution in [0.5, 0.6) is 5.75 Å². The Hall–Kier alpha value is -5.04. The number of nitrogens with zero attached hydrogens (tertiary/aromatic N) is 5. The van der Waals surface area contributed by atoms with E-state index in [9.17, 15) is 9.59 Å². The maximum absolute atomic E-state index is 13.5. The van der Waals surface area contributed by atoms with Crippen LogP contribution >= 0.6 is 11.3 Å². The van der Waals surface area contributed by atoms with Crippen molar-refractivity contribution in [3.05, 3.63) is 76.2 Å². The molecule has 0 saturated carbocycles. The SMILES string of the molecule is CNC(=O)c1ccc2nc(-c3cc(OC)c4cn[nH]c4c3)n([C@@H](CC(=O)NCc3nc(Cc4cccs4)no3)C(C)(C)C)c2c1. The number of amides is 2. The van der Waals surface area contributed by atoms with Crippen molar-refractivity contribution in [1.82, 2.24) is 40.5 Å². The fraction of sp³-hybridized carbons (Fsp3) is 0.312. The van der Waals surface area contributed by atoms with Gasteiger partial charge in [0.25, 0.3) is 5.91 Å². The molecule has 0 aliphatic carbocycles. The van der Waals surface area contributed by atoms with Crippen molar-refractivity contribution in [1.29, 1.82) is 0 Å².